The monoisotopic (exact) mass is 591 g/mol. The minimum absolute atomic E-state index is 0.00183. The van der Waals surface area contributed by atoms with Gasteiger partial charge in [0.1, 0.15) is 28.7 Å². The molecular weight excluding hydrogens is 567 g/mol. The second-order valence-corrected chi connectivity index (χ2v) is 10.2. The molecule has 10 nitrogen and oxygen atoms in total. The molecule has 0 spiro atoms. The fourth-order valence-electron chi connectivity index (χ4n) is 5.42. The molecule has 5 aromatic rings. The largest absolute Gasteiger partial charge is 0.573 e. The number of carbonyl (C=O) groups excluding carboxylic acids is 1. The van der Waals surface area contributed by atoms with Crippen molar-refractivity contribution in [2.45, 2.75) is 32.2 Å². The summed E-state index contributed by atoms with van der Waals surface area (Å²) in [5.41, 5.74) is 2.38. The standard InChI is InChI=1S/C30H24F3N5O5/c1-16-35-26-20-5-2-3-6-22(20)42-27(26)28(36-16)38-15-17(13-21(38)29(40)41)14-24(39)37-19-10-8-18(9-11-19)25-23(7-4-12-34-25)43-30(31,32)33/h2-12,17,21H,13-15H2,1H3,(H,37,39)(H,40,41)/t17-,21+/m1/s1. The van der Waals surface area contributed by atoms with Gasteiger partial charge in [-0.3, -0.25) is 9.78 Å². The predicted octanol–water partition coefficient (Wildman–Crippen LogP) is 5.95. The lowest BCUT2D eigenvalue weighted by Gasteiger charge is -2.22. The molecule has 0 unspecified atom stereocenters. The van der Waals surface area contributed by atoms with Crippen LogP contribution in [0.4, 0.5) is 24.7 Å². The Kier molecular flexibility index (Phi) is 7.08. The van der Waals surface area contributed by atoms with Crippen molar-refractivity contribution in [3.63, 3.8) is 0 Å². The number of nitrogens with one attached hydrogen (secondary N) is 1. The summed E-state index contributed by atoms with van der Waals surface area (Å²) in [7, 11) is 0. The predicted molar refractivity (Wildman–Crippen MR) is 151 cm³/mol. The first kappa shape index (κ1) is 27.9. The lowest BCUT2D eigenvalue weighted by molar-refractivity contribution is -0.274. The van der Waals surface area contributed by atoms with E-state index < -0.39 is 24.1 Å². The first-order valence-electron chi connectivity index (χ1n) is 13.3. The number of ether oxygens (including phenoxy) is 1. The molecule has 13 heteroatoms. The van der Waals surface area contributed by atoms with Crippen molar-refractivity contribution in [3.8, 4) is 17.0 Å². The van der Waals surface area contributed by atoms with E-state index in [0.29, 0.717) is 39.6 Å². The fourth-order valence-corrected chi connectivity index (χ4v) is 5.42. The molecule has 1 aliphatic rings. The van der Waals surface area contributed by atoms with Gasteiger partial charge in [0.15, 0.2) is 17.2 Å². The van der Waals surface area contributed by atoms with Crippen molar-refractivity contribution < 1.29 is 37.0 Å². The van der Waals surface area contributed by atoms with Gasteiger partial charge < -0.3 is 24.5 Å². The Balaban J connectivity index is 1.17. The maximum atomic E-state index is 13.0. The molecular formula is C30H24F3N5O5. The molecule has 220 valence electrons. The van der Waals surface area contributed by atoms with E-state index in [2.05, 4.69) is 25.0 Å². The zero-order valence-corrected chi connectivity index (χ0v) is 22.6. The van der Waals surface area contributed by atoms with Crippen LogP contribution in [0.1, 0.15) is 18.7 Å². The molecule has 3 aromatic heterocycles. The molecule has 2 N–H and O–H groups in total. The topological polar surface area (TPSA) is 131 Å². The van der Waals surface area contributed by atoms with Crippen molar-refractivity contribution in [3.05, 3.63) is 72.7 Å². The Labute approximate surface area is 242 Å². The molecule has 43 heavy (non-hydrogen) atoms. The van der Waals surface area contributed by atoms with Crippen molar-refractivity contribution in [1.82, 2.24) is 15.0 Å². The van der Waals surface area contributed by atoms with E-state index in [0.717, 1.165) is 5.39 Å². The maximum Gasteiger partial charge on any atom is 0.573 e. The van der Waals surface area contributed by atoms with Crippen LogP contribution in [0.25, 0.3) is 33.3 Å². The highest BCUT2D eigenvalue weighted by molar-refractivity contribution is 6.06. The van der Waals surface area contributed by atoms with E-state index in [9.17, 15) is 27.9 Å². The van der Waals surface area contributed by atoms with Crippen molar-refractivity contribution >= 4 is 45.5 Å². The number of aryl methyl sites for hydroxylation is 1. The van der Waals surface area contributed by atoms with E-state index in [1.807, 2.05) is 18.2 Å². The zero-order chi connectivity index (χ0) is 30.3. The number of amides is 1. The molecule has 1 saturated heterocycles. The quantitative estimate of drug-likeness (QED) is 0.236. The Morgan fingerprint density at radius 1 is 1.09 bits per heavy atom. The van der Waals surface area contributed by atoms with Crippen LogP contribution in [0.2, 0.25) is 0 Å². The number of pyridine rings is 1. The highest BCUT2D eigenvalue weighted by atomic mass is 19.4. The summed E-state index contributed by atoms with van der Waals surface area (Å²) >= 11 is 0. The van der Waals surface area contributed by atoms with Crippen LogP contribution in [-0.2, 0) is 9.59 Å². The SMILES string of the molecule is Cc1nc(N2C[C@@H](CC(=O)Nc3ccc(-c4ncccc4OC(F)(F)F)cc3)C[C@H]2C(=O)O)c2oc3ccccc3c2n1. The lowest BCUT2D eigenvalue weighted by atomic mass is 10.0. The van der Waals surface area contributed by atoms with Gasteiger partial charge in [0, 0.05) is 35.8 Å². The first-order chi connectivity index (χ1) is 20.6. The maximum absolute atomic E-state index is 13.0. The average molecular weight is 592 g/mol. The van der Waals surface area contributed by atoms with Crippen molar-refractivity contribution in [2.24, 2.45) is 5.92 Å². The van der Waals surface area contributed by atoms with E-state index in [1.165, 1.54) is 30.5 Å². The van der Waals surface area contributed by atoms with Gasteiger partial charge in [-0.05, 0) is 55.7 Å². The minimum atomic E-state index is -4.87. The van der Waals surface area contributed by atoms with Crippen LogP contribution in [-0.4, -0.2) is 50.9 Å². The molecule has 1 aliphatic heterocycles. The molecule has 0 saturated carbocycles. The Morgan fingerprint density at radius 3 is 2.60 bits per heavy atom. The first-order valence-corrected chi connectivity index (χ1v) is 13.3. The number of nitrogens with zero attached hydrogens (tertiary/aromatic N) is 4. The molecule has 6 rings (SSSR count). The minimum Gasteiger partial charge on any atom is -0.480 e. The number of carboxylic acid groups (broad SMARTS) is 1. The van der Waals surface area contributed by atoms with E-state index in [4.69, 9.17) is 4.42 Å². The third-order valence-corrected chi connectivity index (χ3v) is 7.17. The molecule has 0 aliphatic carbocycles. The lowest BCUT2D eigenvalue weighted by Crippen LogP contribution is -2.36. The number of alkyl halides is 3. The van der Waals surface area contributed by atoms with E-state index in [-0.39, 0.29) is 36.9 Å². The summed E-state index contributed by atoms with van der Waals surface area (Å²) in [4.78, 5) is 39.9. The Morgan fingerprint density at radius 2 is 1.86 bits per heavy atom. The number of rotatable bonds is 7. The van der Waals surface area contributed by atoms with Crippen LogP contribution in [0.15, 0.2) is 71.3 Å². The molecule has 1 fully saturated rings. The number of hydrogen-bond donors (Lipinski definition) is 2. The number of hydrogen-bond acceptors (Lipinski definition) is 8. The molecule has 2 aromatic carbocycles. The van der Waals surface area contributed by atoms with E-state index >= 15 is 0 Å². The number of aliphatic carboxylic acids is 1. The number of fused-ring (bicyclic) bond motifs is 3. The summed E-state index contributed by atoms with van der Waals surface area (Å²) < 4.78 is 48.5. The van der Waals surface area contributed by atoms with Crippen LogP contribution < -0.4 is 15.0 Å². The van der Waals surface area contributed by atoms with Crippen LogP contribution in [0.3, 0.4) is 0 Å². The number of furan rings is 1. The van der Waals surface area contributed by atoms with E-state index in [1.54, 1.807) is 30.0 Å². The number of carbonyl (C=O) groups is 2. The van der Waals surface area contributed by atoms with Crippen molar-refractivity contribution in [2.75, 3.05) is 16.8 Å². The highest BCUT2D eigenvalue weighted by Crippen LogP contribution is 2.38. The summed E-state index contributed by atoms with van der Waals surface area (Å²) in [5.74, 6) is -1.29. The molecule has 0 radical (unpaired) electrons. The van der Waals surface area contributed by atoms with Crippen molar-refractivity contribution in [1.29, 1.82) is 0 Å². The van der Waals surface area contributed by atoms with Gasteiger partial charge in [0.25, 0.3) is 0 Å². The average Bonchev–Trinajstić information content (AvgIpc) is 3.54. The second-order valence-electron chi connectivity index (χ2n) is 10.2. The zero-order valence-electron chi connectivity index (χ0n) is 22.6. The summed E-state index contributed by atoms with van der Waals surface area (Å²) in [6.07, 6.45) is -3.26. The number of benzene rings is 2. The number of para-hydroxylation sites is 1. The van der Waals surface area contributed by atoms with Gasteiger partial charge >= 0.3 is 12.3 Å². The van der Waals surface area contributed by atoms with Gasteiger partial charge in [0.05, 0.1) is 0 Å². The van der Waals surface area contributed by atoms with Gasteiger partial charge in [-0.15, -0.1) is 13.2 Å². The summed E-state index contributed by atoms with van der Waals surface area (Å²) in [6, 6.07) is 15.1. The normalized spacial score (nSPS) is 17.0. The Hall–Kier alpha value is -5.20. The molecule has 0 bridgehead atoms. The smallest absolute Gasteiger partial charge is 0.480 e. The fraction of sp³-hybridized carbons (Fsp3) is 0.233. The third kappa shape index (κ3) is 5.78. The van der Waals surface area contributed by atoms with Gasteiger partial charge in [-0.25, -0.2) is 14.8 Å². The third-order valence-electron chi connectivity index (χ3n) is 7.17. The Bertz CT molecular complexity index is 1840. The number of halogens is 3. The number of carboxylic acids is 1. The summed E-state index contributed by atoms with van der Waals surface area (Å²) in [5, 5.41) is 13.6. The number of aromatic nitrogens is 3. The van der Waals surface area contributed by atoms with Crippen LogP contribution in [0.5, 0.6) is 5.75 Å². The van der Waals surface area contributed by atoms with Gasteiger partial charge in [-0.2, -0.15) is 0 Å². The number of anilines is 2. The molecule has 2 atom stereocenters. The molecule has 4 heterocycles. The van der Waals surface area contributed by atoms with Crippen LogP contribution >= 0.6 is 0 Å². The highest BCUT2D eigenvalue weighted by Gasteiger charge is 2.40. The molecule has 1 amide bonds. The van der Waals surface area contributed by atoms with Crippen LogP contribution in [0, 0.1) is 12.8 Å². The van der Waals surface area contributed by atoms with Gasteiger partial charge in [0.2, 0.25) is 5.91 Å². The summed E-state index contributed by atoms with van der Waals surface area (Å²) in [6.45, 7) is 1.98. The second kappa shape index (κ2) is 10.9. The van der Waals surface area contributed by atoms with Gasteiger partial charge in [-0.1, -0.05) is 24.3 Å².